The second-order valence-electron chi connectivity index (χ2n) is 7.86. The van der Waals surface area contributed by atoms with Crippen LogP contribution < -0.4 is 5.32 Å². The molecule has 0 saturated heterocycles. The molecule has 2 aromatic heterocycles. The highest BCUT2D eigenvalue weighted by atomic mass is 32.1. The first-order valence-electron chi connectivity index (χ1n) is 10.6. The topological polar surface area (TPSA) is 59.3 Å². The summed E-state index contributed by atoms with van der Waals surface area (Å²) in [5, 5.41) is 9.53. The van der Waals surface area contributed by atoms with Gasteiger partial charge in [0.1, 0.15) is 0 Å². The van der Waals surface area contributed by atoms with E-state index in [0.717, 1.165) is 27.3 Å². The van der Waals surface area contributed by atoms with Gasteiger partial charge < -0.3 is 0 Å². The van der Waals surface area contributed by atoms with Crippen molar-refractivity contribution in [2.24, 2.45) is 0 Å². The van der Waals surface area contributed by atoms with E-state index in [1.54, 1.807) is 4.52 Å². The zero-order chi connectivity index (χ0) is 22.8. The highest BCUT2D eigenvalue weighted by Gasteiger charge is 2.17. The van der Waals surface area contributed by atoms with Gasteiger partial charge in [-0.1, -0.05) is 84.4 Å². The molecule has 2 heterocycles. The van der Waals surface area contributed by atoms with Gasteiger partial charge in [-0.2, -0.15) is 4.98 Å². The lowest BCUT2D eigenvalue weighted by atomic mass is 10.0. The summed E-state index contributed by atoms with van der Waals surface area (Å²) in [6.45, 7) is 4.17. The number of carbonyl (C=O) groups is 1. The monoisotopic (exact) mass is 450 g/mol. The van der Waals surface area contributed by atoms with Gasteiger partial charge in [-0.15, -0.1) is 16.4 Å². The third kappa shape index (κ3) is 4.33. The van der Waals surface area contributed by atoms with Crippen molar-refractivity contribution < 1.29 is 4.79 Å². The number of nitrogens with one attached hydrogen (secondary N) is 1. The number of benzene rings is 3. The maximum Gasteiger partial charge on any atom is 0.258 e. The highest BCUT2D eigenvalue weighted by molar-refractivity contribution is 7.15. The van der Waals surface area contributed by atoms with E-state index in [1.807, 2.05) is 72.1 Å². The number of hydrogen-bond donors (Lipinski definition) is 1. The van der Waals surface area contributed by atoms with Crippen LogP contribution >= 0.6 is 11.3 Å². The molecule has 0 fully saturated rings. The fraction of sp³-hybridized carbons (Fsp3) is 0.0741. The Morgan fingerprint density at radius 2 is 1.70 bits per heavy atom. The smallest absolute Gasteiger partial charge is 0.258 e. The van der Waals surface area contributed by atoms with Crippen molar-refractivity contribution in [3.8, 4) is 11.3 Å². The van der Waals surface area contributed by atoms with Crippen molar-refractivity contribution in [3.63, 3.8) is 0 Å². The third-order valence-electron chi connectivity index (χ3n) is 5.40. The molecule has 5 nitrogen and oxygen atoms in total. The number of aryl methyl sites for hydroxylation is 2. The predicted molar refractivity (Wildman–Crippen MR) is 135 cm³/mol. The van der Waals surface area contributed by atoms with E-state index in [4.69, 9.17) is 0 Å². The Kier molecular flexibility index (Phi) is 5.59. The lowest BCUT2D eigenvalue weighted by Crippen LogP contribution is -2.15. The number of aromatic nitrogens is 3. The van der Waals surface area contributed by atoms with E-state index in [-0.39, 0.29) is 11.9 Å². The molecule has 33 heavy (non-hydrogen) atoms. The molecular formula is C27H22N4OS. The standard InChI is InChI=1S/C27H22N4OS/c1-18-13-14-22(19(2)15-18)24-17-33-27-29-26(30-31(24)27)28-25(32)23(21-11-7-4-8-12-21)16-20-9-5-3-6-10-20/h3-17H,1-2H3,(H,28,30,32)/b23-16-. The van der Waals surface area contributed by atoms with E-state index < -0.39 is 0 Å². The molecular weight excluding hydrogens is 428 g/mol. The van der Waals surface area contributed by atoms with Crippen LogP contribution in [0, 0.1) is 13.8 Å². The van der Waals surface area contributed by atoms with Gasteiger partial charge in [0.15, 0.2) is 0 Å². The number of thiazole rings is 1. The number of rotatable bonds is 5. The largest absolute Gasteiger partial charge is 0.289 e. The number of hydrogen-bond acceptors (Lipinski definition) is 4. The minimum atomic E-state index is -0.253. The first kappa shape index (κ1) is 20.8. The number of amides is 1. The van der Waals surface area contributed by atoms with Crippen LogP contribution in [0.4, 0.5) is 5.95 Å². The van der Waals surface area contributed by atoms with Crippen LogP contribution in [0.5, 0.6) is 0 Å². The molecule has 0 unspecified atom stereocenters. The van der Waals surface area contributed by atoms with E-state index >= 15 is 0 Å². The first-order chi connectivity index (χ1) is 16.1. The van der Waals surface area contributed by atoms with Gasteiger partial charge >= 0.3 is 0 Å². The van der Waals surface area contributed by atoms with E-state index in [1.165, 1.54) is 22.5 Å². The number of carbonyl (C=O) groups excluding carboxylic acids is 1. The second kappa shape index (κ2) is 8.84. The molecule has 0 spiro atoms. The Bertz CT molecular complexity index is 1470. The van der Waals surface area contributed by atoms with Crippen molar-refractivity contribution in [2.45, 2.75) is 13.8 Å². The predicted octanol–water partition coefficient (Wildman–Crippen LogP) is 6.25. The van der Waals surface area contributed by atoms with Crippen LogP contribution in [-0.2, 0) is 4.79 Å². The Labute approximate surface area is 196 Å². The molecule has 1 amide bonds. The quantitative estimate of drug-likeness (QED) is 0.254. The summed E-state index contributed by atoms with van der Waals surface area (Å²) in [6.07, 6.45) is 1.88. The second-order valence-corrected chi connectivity index (χ2v) is 8.69. The summed E-state index contributed by atoms with van der Waals surface area (Å²) in [4.78, 5) is 18.6. The van der Waals surface area contributed by atoms with E-state index in [2.05, 4.69) is 47.4 Å². The average Bonchev–Trinajstić information content (AvgIpc) is 3.39. The average molecular weight is 451 g/mol. The summed E-state index contributed by atoms with van der Waals surface area (Å²) in [5.41, 5.74) is 6.78. The highest BCUT2D eigenvalue weighted by Crippen LogP contribution is 2.29. The minimum Gasteiger partial charge on any atom is -0.289 e. The molecule has 1 N–H and O–H groups in total. The molecule has 0 aliphatic rings. The Morgan fingerprint density at radius 3 is 2.42 bits per heavy atom. The Morgan fingerprint density at radius 1 is 0.970 bits per heavy atom. The lowest BCUT2D eigenvalue weighted by molar-refractivity contribution is -0.111. The molecule has 0 bridgehead atoms. The van der Waals surface area contributed by atoms with Crippen molar-refractivity contribution in [1.29, 1.82) is 0 Å². The summed E-state index contributed by atoms with van der Waals surface area (Å²) in [6, 6.07) is 25.7. The van der Waals surface area contributed by atoms with Crippen LogP contribution in [0.3, 0.4) is 0 Å². The Balaban J connectivity index is 1.48. The third-order valence-corrected chi connectivity index (χ3v) is 6.22. The molecule has 0 saturated carbocycles. The summed E-state index contributed by atoms with van der Waals surface area (Å²) >= 11 is 1.50. The molecule has 3 aromatic carbocycles. The van der Waals surface area contributed by atoms with Gasteiger partial charge in [0.05, 0.1) is 5.69 Å². The van der Waals surface area contributed by atoms with Crippen molar-refractivity contribution in [3.05, 3.63) is 106 Å². The maximum atomic E-state index is 13.3. The van der Waals surface area contributed by atoms with Crippen LogP contribution in [0.2, 0.25) is 0 Å². The van der Waals surface area contributed by atoms with Crippen LogP contribution in [0.15, 0.2) is 84.2 Å². The fourth-order valence-electron chi connectivity index (χ4n) is 3.80. The van der Waals surface area contributed by atoms with Crippen molar-refractivity contribution >= 4 is 39.8 Å². The van der Waals surface area contributed by atoms with Gasteiger partial charge in [0.2, 0.25) is 4.96 Å². The van der Waals surface area contributed by atoms with E-state index in [0.29, 0.717) is 5.57 Å². The maximum absolute atomic E-state index is 13.3. The number of fused-ring (bicyclic) bond motifs is 1. The lowest BCUT2D eigenvalue weighted by Gasteiger charge is -2.08. The summed E-state index contributed by atoms with van der Waals surface area (Å²) < 4.78 is 1.79. The van der Waals surface area contributed by atoms with Crippen molar-refractivity contribution in [1.82, 2.24) is 14.6 Å². The molecule has 0 radical (unpaired) electrons. The van der Waals surface area contributed by atoms with Crippen LogP contribution in [0.25, 0.3) is 27.9 Å². The van der Waals surface area contributed by atoms with Gasteiger partial charge in [0.25, 0.3) is 11.9 Å². The molecule has 0 aliphatic heterocycles. The molecule has 5 rings (SSSR count). The van der Waals surface area contributed by atoms with Crippen LogP contribution in [-0.4, -0.2) is 20.5 Å². The van der Waals surface area contributed by atoms with Gasteiger partial charge in [-0.05, 0) is 36.6 Å². The van der Waals surface area contributed by atoms with Gasteiger partial charge in [-0.3, -0.25) is 10.1 Å². The molecule has 162 valence electrons. The number of anilines is 1. The molecule has 0 aliphatic carbocycles. The van der Waals surface area contributed by atoms with Gasteiger partial charge in [-0.25, -0.2) is 4.52 Å². The Hall–Kier alpha value is -4.03. The van der Waals surface area contributed by atoms with Crippen molar-refractivity contribution in [2.75, 3.05) is 5.32 Å². The minimum absolute atomic E-state index is 0.253. The normalized spacial score (nSPS) is 11.6. The SMILES string of the molecule is Cc1ccc(-c2csc3nc(NC(=O)/C(=C\c4ccccc4)c4ccccc4)nn23)c(C)c1. The first-order valence-corrected chi connectivity index (χ1v) is 11.5. The zero-order valence-corrected chi connectivity index (χ0v) is 19.1. The van der Waals surface area contributed by atoms with Crippen LogP contribution in [0.1, 0.15) is 22.3 Å². The number of nitrogens with zero attached hydrogens (tertiary/aromatic N) is 3. The fourth-order valence-corrected chi connectivity index (χ4v) is 4.63. The molecule has 0 atom stereocenters. The van der Waals surface area contributed by atoms with Gasteiger partial charge in [0, 0.05) is 16.5 Å². The van der Waals surface area contributed by atoms with E-state index in [9.17, 15) is 4.79 Å². The zero-order valence-electron chi connectivity index (χ0n) is 18.3. The summed E-state index contributed by atoms with van der Waals surface area (Å²) in [7, 11) is 0. The summed E-state index contributed by atoms with van der Waals surface area (Å²) in [5.74, 6) is 0.0316. The molecule has 5 aromatic rings. The molecule has 6 heteroatoms.